The number of hydrogen-bond donors (Lipinski definition) is 0. The van der Waals surface area contributed by atoms with Gasteiger partial charge in [-0.15, -0.1) is 0 Å². The number of nitrogens with zero attached hydrogens (tertiary/aromatic N) is 2. The lowest BCUT2D eigenvalue weighted by Gasteiger charge is -2.75. The van der Waals surface area contributed by atoms with E-state index < -0.39 is 11.1 Å². The number of nitriles is 1. The van der Waals surface area contributed by atoms with Crippen LogP contribution in [0.15, 0.2) is 4.99 Å². The van der Waals surface area contributed by atoms with E-state index in [0.29, 0.717) is 11.8 Å². The van der Waals surface area contributed by atoms with Crippen molar-refractivity contribution in [2.75, 3.05) is 0 Å². The lowest BCUT2D eigenvalue weighted by molar-refractivity contribution is -0.299. The van der Waals surface area contributed by atoms with E-state index in [1.165, 1.54) is 0 Å². The van der Waals surface area contributed by atoms with Crippen molar-refractivity contribution in [3.63, 3.8) is 0 Å². The van der Waals surface area contributed by atoms with E-state index in [9.17, 15) is 10.1 Å². The second-order valence-electron chi connectivity index (χ2n) is 17.2. The second kappa shape index (κ2) is 8.10. The fourth-order valence-corrected chi connectivity index (χ4v) is 9.72. The average molecular weight is 515 g/mol. The van der Waals surface area contributed by atoms with Crippen LogP contribution in [-0.2, 0) is 9.53 Å². The molecule has 0 atom stereocenters. The summed E-state index contributed by atoms with van der Waals surface area (Å²) in [5, 5.41) is 9.75. The highest BCUT2D eigenvalue weighted by atomic mass is 16.5. The number of rotatable bonds is 4. The minimum absolute atomic E-state index is 0.120. The van der Waals surface area contributed by atoms with Gasteiger partial charge in [-0.1, -0.05) is 111 Å². The molecule has 4 nitrogen and oxygen atoms in total. The van der Waals surface area contributed by atoms with Gasteiger partial charge in [0.1, 0.15) is 5.60 Å². The first kappa shape index (κ1) is 31.9. The zero-order valence-corrected chi connectivity index (χ0v) is 27.6. The predicted octanol–water partition coefficient (Wildman–Crippen LogP) is 9.20. The zero-order valence-electron chi connectivity index (χ0n) is 27.6. The van der Waals surface area contributed by atoms with Gasteiger partial charge in [0.15, 0.2) is 0 Å². The van der Waals surface area contributed by atoms with Crippen molar-refractivity contribution in [2.24, 2.45) is 60.1 Å². The first-order chi connectivity index (χ1) is 16.1. The van der Waals surface area contributed by atoms with Gasteiger partial charge < -0.3 is 4.74 Å². The Kier molecular flexibility index (Phi) is 6.98. The number of isocyanates is 1. The summed E-state index contributed by atoms with van der Waals surface area (Å²) in [6.45, 7) is 41.9. The Morgan fingerprint density at radius 2 is 0.892 bits per heavy atom. The van der Waals surface area contributed by atoms with Crippen LogP contribution in [0.3, 0.4) is 0 Å². The van der Waals surface area contributed by atoms with Crippen molar-refractivity contribution in [1.82, 2.24) is 0 Å². The minimum Gasteiger partial charge on any atom is -0.420 e. The van der Waals surface area contributed by atoms with Crippen LogP contribution in [0.5, 0.6) is 0 Å². The Balaban J connectivity index is 2.87. The summed E-state index contributed by atoms with van der Waals surface area (Å²) in [6, 6.07) is 0. The molecule has 2 saturated carbocycles. The van der Waals surface area contributed by atoms with Gasteiger partial charge in [0, 0.05) is 10.8 Å². The van der Waals surface area contributed by atoms with Gasteiger partial charge in [0.25, 0.3) is 6.26 Å². The Morgan fingerprint density at radius 3 is 1.16 bits per heavy atom. The fourth-order valence-electron chi connectivity index (χ4n) is 9.72. The predicted molar refractivity (Wildman–Crippen MR) is 153 cm³/mol. The highest BCUT2D eigenvalue weighted by Gasteiger charge is 2.75. The van der Waals surface area contributed by atoms with Gasteiger partial charge in [-0.05, 0) is 64.6 Å². The molecule has 0 aliphatic heterocycles. The summed E-state index contributed by atoms with van der Waals surface area (Å²) in [5.41, 5.74) is -2.75. The maximum atomic E-state index is 11.8. The summed E-state index contributed by atoms with van der Waals surface area (Å²) in [4.78, 5) is 16.4. The van der Waals surface area contributed by atoms with E-state index in [-0.39, 0.29) is 43.3 Å². The second-order valence-corrected chi connectivity index (χ2v) is 17.2. The van der Waals surface area contributed by atoms with Crippen LogP contribution in [0.4, 0.5) is 0 Å². The molecule has 2 rings (SSSR count). The minimum atomic E-state index is -0.633. The van der Waals surface area contributed by atoms with E-state index in [1.807, 2.05) is 6.08 Å². The highest BCUT2D eigenvalue weighted by Crippen LogP contribution is 2.77. The number of carbonyl (C=O) groups excluding carboxylic acids is 1. The van der Waals surface area contributed by atoms with Crippen molar-refractivity contribution >= 4 is 6.08 Å². The van der Waals surface area contributed by atoms with Gasteiger partial charge >= 0.3 is 0 Å². The van der Waals surface area contributed by atoms with Crippen LogP contribution in [0.25, 0.3) is 0 Å². The van der Waals surface area contributed by atoms with Crippen LogP contribution >= 0.6 is 0 Å². The average Bonchev–Trinajstić information content (AvgIpc) is 2.71. The molecule has 0 radical (unpaired) electrons. The number of ether oxygens (including phenoxy) is 1. The van der Waals surface area contributed by atoms with Crippen molar-refractivity contribution in [2.45, 2.75) is 142 Å². The van der Waals surface area contributed by atoms with Gasteiger partial charge in [-0.25, -0.2) is 4.79 Å². The molecule has 0 aromatic carbocycles. The SMILES string of the molecule is CC1(C)C(CC2C(C)(C)C(C)(C)C(C)(OC#N)C(C)(C)C2(C)C)C(C)(C)C(C)(C)C(C)(N=C=O)C1(C)C. The molecule has 0 aromatic rings. The summed E-state index contributed by atoms with van der Waals surface area (Å²) < 4.78 is 6.07. The molecular weight excluding hydrogens is 456 g/mol. The maximum absolute atomic E-state index is 11.8. The normalized spacial score (nSPS) is 39.5. The summed E-state index contributed by atoms with van der Waals surface area (Å²) in [6.07, 6.45) is 5.10. The molecule has 2 fully saturated rings. The molecule has 2 aliphatic carbocycles. The van der Waals surface area contributed by atoms with Gasteiger partial charge in [-0.2, -0.15) is 10.3 Å². The highest BCUT2D eigenvalue weighted by molar-refractivity contribution is 5.38. The van der Waals surface area contributed by atoms with Crippen LogP contribution in [-0.4, -0.2) is 17.2 Å². The standard InChI is InChI=1S/C33H58N2O2/c1-24(2)22(25(3,4)29(11,12)32(17,35-21-36)28(24,9)10)19-23-26(5,6)30(13,14)33(18,37-20-34)31(15,16)27(23,7)8/h22-23H,19H2,1-18H3. The summed E-state index contributed by atoms with van der Waals surface area (Å²) >= 11 is 0. The number of aliphatic imine (C=N–C) groups is 1. The molecule has 2 aliphatic rings. The monoisotopic (exact) mass is 514 g/mol. The summed E-state index contributed by atoms with van der Waals surface area (Å²) in [7, 11) is 0. The molecule has 0 amide bonds. The Bertz CT molecular complexity index is 953. The molecule has 0 saturated heterocycles. The van der Waals surface area contributed by atoms with Gasteiger partial charge in [0.2, 0.25) is 6.08 Å². The van der Waals surface area contributed by atoms with E-state index >= 15 is 0 Å². The van der Waals surface area contributed by atoms with Crippen LogP contribution < -0.4 is 0 Å². The summed E-state index contributed by atoms with van der Waals surface area (Å²) in [5.74, 6) is 0.714. The lowest BCUT2D eigenvalue weighted by Crippen LogP contribution is -2.74. The van der Waals surface area contributed by atoms with Crippen LogP contribution in [0.1, 0.15) is 131 Å². The van der Waals surface area contributed by atoms with E-state index in [4.69, 9.17) is 4.74 Å². The first-order valence-electron chi connectivity index (χ1n) is 14.3. The van der Waals surface area contributed by atoms with Crippen molar-refractivity contribution in [3.8, 4) is 6.26 Å². The third-order valence-corrected chi connectivity index (χ3v) is 15.7. The first-order valence-corrected chi connectivity index (χ1v) is 14.3. The smallest absolute Gasteiger partial charge is 0.286 e. The molecule has 0 unspecified atom stereocenters. The van der Waals surface area contributed by atoms with E-state index in [2.05, 4.69) is 136 Å². The third-order valence-electron chi connectivity index (χ3n) is 15.7. The lowest BCUT2D eigenvalue weighted by atomic mass is 9.30. The Hall–Kier alpha value is -1.33. The van der Waals surface area contributed by atoms with E-state index in [0.717, 1.165) is 6.42 Å². The topological polar surface area (TPSA) is 62.4 Å². The molecule has 0 N–H and O–H groups in total. The molecule has 0 bridgehead atoms. The van der Waals surface area contributed by atoms with Gasteiger partial charge in [-0.3, -0.25) is 0 Å². The molecule has 4 heteroatoms. The molecule has 37 heavy (non-hydrogen) atoms. The zero-order chi connectivity index (χ0) is 29.7. The Morgan fingerprint density at radius 1 is 0.595 bits per heavy atom. The van der Waals surface area contributed by atoms with Gasteiger partial charge in [0.05, 0.1) is 5.54 Å². The third kappa shape index (κ3) is 3.25. The molecule has 212 valence electrons. The molecule has 0 aromatic heterocycles. The number of hydrogen-bond acceptors (Lipinski definition) is 4. The Labute approximate surface area is 229 Å². The fraction of sp³-hybridized carbons (Fsp3) is 0.939. The van der Waals surface area contributed by atoms with Crippen molar-refractivity contribution in [3.05, 3.63) is 0 Å². The van der Waals surface area contributed by atoms with Crippen molar-refractivity contribution < 1.29 is 9.53 Å². The van der Waals surface area contributed by atoms with E-state index in [1.54, 1.807) is 0 Å². The molecular formula is C33H58N2O2. The van der Waals surface area contributed by atoms with Crippen LogP contribution in [0, 0.1) is 66.7 Å². The molecule has 0 heterocycles. The van der Waals surface area contributed by atoms with Crippen molar-refractivity contribution in [1.29, 1.82) is 5.26 Å². The quantitative estimate of drug-likeness (QED) is 0.213. The largest absolute Gasteiger partial charge is 0.420 e. The maximum Gasteiger partial charge on any atom is 0.286 e. The molecule has 0 spiro atoms. The van der Waals surface area contributed by atoms with Crippen LogP contribution in [0.2, 0.25) is 0 Å².